The van der Waals surface area contributed by atoms with Crippen LogP contribution in [0.2, 0.25) is 0 Å². The molecule has 0 aliphatic heterocycles. The number of imidazole rings is 1. The van der Waals surface area contributed by atoms with E-state index in [0.717, 1.165) is 33.6 Å². The molecule has 2 heterocycles. The molecule has 0 N–H and O–H groups in total. The normalized spacial score (nSPS) is 10.9. The molecule has 0 saturated heterocycles. The molecular weight excluding hydrogens is 336 g/mol. The van der Waals surface area contributed by atoms with Crippen molar-refractivity contribution in [3.8, 4) is 22.5 Å². The number of carbonyl (C=O) groups is 1. The van der Waals surface area contributed by atoms with E-state index in [1.807, 2.05) is 31.3 Å². The highest BCUT2D eigenvalue weighted by Gasteiger charge is 2.11. The number of nitrogens with zero attached hydrogens (tertiary/aromatic N) is 2. The monoisotopic (exact) mass is 356 g/mol. The minimum Gasteiger partial charge on any atom is -0.465 e. The van der Waals surface area contributed by atoms with Crippen molar-refractivity contribution in [2.24, 2.45) is 0 Å². The van der Waals surface area contributed by atoms with E-state index < -0.39 is 0 Å². The maximum Gasteiger partial charge on any atom is 0.337 e. The van der Waals surface area contributed by atoms with E-state index in [0.29, 0.717) is 5.56 Å². The third-order valence-electron chi connectivity index (χ3n) is 4.76. The van der Waals surface area contributed by atoms with E-state index in [4.69, 9.17) is 4.74 Å². The molecule has 0 atom stereocenters. The molecule has 4 heteroatoms. The molecule has 0 bridgehead atoms. The third-order valence-corrected chi connectivity index (χ3v) is 4.76. The summed E-state index contributed by atoms with van der Waals surface area (Å²) in [5, 5.41) is 0. The van der Waals surface area contributed by atoms with Crippen LogP contribution in [0.4, 0.5) is 0 Å². The van der Waals surface area contributed by atoms with Gasteiger partial charge in [0.2, 0.25) is 0 Å². The van der Waals surface area contributed by atoms with Crippen LogP contribution in [0, 0.1) is 13.8 Å². The highest BCUT2D eigenvalue weighted by atomic mass is 16.5. The van der Waals surface area contributed by atoms with Crippen molar-refractivity contribution in [2.75, 3.05) is 7.11 Å². The molecule has 0 aliphatic carbocycles. The zero-order valence-corrected chi connectivity index (χ0v) is 15.6. The number of pyridine rings is 1. The Kier molecular flexibility index (Phi) is 4.24. The van der Waals surface area contributed by atoms with Crippen molar-refractivity contribution < 1.29 is 9.53 Å². The molecule has 0 aliphatic rings. The molecule has 4 nitrogen and oxygen atoms in total. The molecule has 0 unspecified atom stereocenters. The lowest BCUT2D eigenvalue weighted by atomic mass is 9.99. The van der Waals surface area contributed by atoms with Gasteiger partial charge in [0.25, 0.3) is 0 Å². The molecule has 2 aromatic heterocycles. The van der Waals surface area contributed by atoms with Gasteiger partial charge in [0.1, 0.15) is 5.82 Å². The van der Waals surface area contributed by atoms with Gasteiger partial charge in [0.15, 0.2) is 0 Å². The van der Waals surface area contributed by atoms with E-state index in [1.54, 1.807) is 6.07 Å². The molecular formula is C23H20N2O2. The number of rotatable bonds is 3. The highest BCUT2D eigenvalue weighted by molar-refractivity contribution is 5.90. The number of aromatic nitrogens is 2. The summed E-state index contributed by atoms with van der Waals surface area (Å²) >= 11 is 0. The number of hydrogen-bond acceptors (Lipinski definition) is 3. The molecule has 0 saturated carbocycles. The number of fused-ring (bicyclic) bond motifs is 1. The number of hydrogen-bond donors (Lipinski definition) is 0. The summed E-state index contributed by atoms with van der Waals surface area (Å²) < 4.78 is 6.92. The maximum atomic E-state index is 11.7. The second kappa shape index (κ2) is 6.72. The minimum absolute atomic E-state index is 0.323. The van der Waals surface area contributed by atoms with Crippen LogP contribution >= 0.6 is 0 Å². The molecule has 0 radical (unpaired) electrons. The fourth-order valence-electron chi connectivity index (χ4n) is 3.38. The highest BCUT2D eigenvalue weighted by Crippen LogP contribution is 2.28. The molecule has 2 aromatic carbocycles. The van der Waals surface area contributed by atoms with Crippen molar-refractivity contribution in [2.45, 2.75) is 13.8 Å². The Hall–Kier alpha value is -3.40. The van der Waals surface area contributed by atoms with Gasteiger partial charge in [-0.15, -0.1) is 0 Å². The molecule has 134 valence electrons. The number of methoxy groups -OCH3 is 1. The van der Waals surface area contributed by atoms with Gasteiger partial charge in [-0.25, -0.2) is 9.78 Å². The van der Waals surface area contributed by atoms with Crippen LogP contribution in [-0.2, 0) is 4.74 Å². The van der Waals surface area contributed by atoms with Crippen LogP contribution in [0.3, 0.4) is 0 Å². The fraction of sp³-hybridized carbons (Fsp3) is 0.130. The lowest BCUT2D eigenvalue weighted by Crippen LogP contribution is -2.01. The Labute approximate surface area is 158 Å². The van der Waals surface area contributed by atoms with Gasteiger partial charge >= 0.3 is 5.97 Å². The molecule has 0 amide bonds. The topological polar surface area (TPSA) is 43.6 Å². The zero-order chi connectivity index (χ0) is 19.0. The van der Waals surface area contributed by atoms with Crippen LogP contribution in [0.25, 0.3) is 28.0 Å². The largest absolute Gasteiger partial charge is 0.465 e. The summed E-state index contributed by atoms with van der Waals surface area (Å²) in [7, 11) is 1.39. The first-order valence-electron chi connectivity index (χ1n) is 8.80. The molecule has 4 aromatic rings. The Bertz CT molecular complexity index is 1160. The van der Waals surface area contributed by atoms with Gasteiger partial charge in [-0.05, 0) is 54.8 Å². The SMILES string of the molecule is COC(=O)c1ccc(-c2ccc3cnc(-c4cccc(C)c4)n3c2)c(C)c1. The number of ether oxygens (including phenoxy) is 1. The van der Waals surface area contributed by atoms with E-state index >= 15 is 0 Å². The first kappa shape index (κ1) is 17.0. The Morgan fingerprint density at radius 1 is 1.00 bits per heavy atom. The van der Waals surface area contributed by atoms with Crippen LogP contribution in [0.5, 0.6) is 0 Å². The molecule has 0 fully saturated rings. The standard InChI is InChI=1S/C23H20N2O2/c1-15-5-4-6-17(11-15)22-24-13-20-9-7-19(14-25(20)22)21-10-8-18(12-16(21)2)23(26)27-3/h4-14H,1-3H3. The van der Waals surface area contributed by atoms with E-state index in [9.17, 15) is 4.79 Å². The third kappa shape index (κ3) is 3.10. The average molecular weight is 356 g/mol. The van der Waals surface area contributed by atoms with Crippen molar-refractivity contribution >= 4 is 11.5 Å². The van der Waals surface area contributed by atoms with Crippen LogP contribution in [0.1, 0.15) is 21.5 Å². The Morgan fingerprint density at radius 3 is 2.59 bits per heavy atom. The number of esters is 1. The number of carbonyl (C=O) groups excluding carboxylic acids is 1. The second-order valence-corrected chi connectivity index (χ2v) is 6.69. The summed E-state index contributed by atoms with van der Waals surface area (Å²) in [5.74, 6) is 0.593. The van der Waals surface area contributed by atoms with Gasteiger partial charge in [-0.3, -0.25) is 4.40 Å². The van der Waals surface area contributed by atoms with Crippen LogP contribution in [-0.4, -0.2) is 22.5 Å². The van der Waals surface area contributed by atoms with Gasteiger partial charge in [-0.2, -0.15) is 0 Å². The van der Waals surface area contributed by atoms with Crippen molar-refractivity contribution in [3.63, 3.8) is 0 Å². The lowest BCUT2D eigenvalue weighted by Gasteiger charge is -2.10. The molecule has 27 heavy (non-hydrogen) atoms. The van der Waals surface area contributed by atoms with Crippen molar-refractivity contribution in [3.05, 3.63) is 83.7 Å². The summed E-state index contributed by atoms with van der Waals surface area (Å²) in [6.45, 7) is 4.08. The smallest absolute Gasteiger partial charge is 0.337 e. The molecule has 0 spiro atoms. The Balaban J connectivity index is 1.82. The van der Waals surface area contributed by atoms with E-state index in [-0.39, 0.29) is 5.97 Å². The van der Waals surface area contributed by atoms with Gasteiger partial charge in [-0.1, -0.05) is 35.9 Å². The van der Waals surface area contributed by atoms with Gasteiger partial charge in [0.05, 0.1) is 24.4 Å². The second-order valence-electron chi connectivity index (χ2n) is 6.69. The zero-order valence-electron chi connectivity index (χ0n) is 15.6. The van der Waals surface area contributed by atoms with Gasteiger partial charge in [0, 0.05) is 11.8 Å². The average Bonchev–Trinajstić information content (AvgIpc) is 3.10. The molecule has 4 rings (SSSR count). The van der Waals surface area contributed by atoms with Crippen molar-refractivity contribution in [1.82, 2.24) is 9.38 Å². The minimum atomic E-state index is -0.323. The summed E-state index contributed by atoms with van der Waals surface area (Å²) in [4.78, 5) is 16.4. The summed E-state index contributed by atoms with van der Waals surface area (Å²) in [5.41, 5.74) is 7.06. The van der Waals surface area contributed by atoms with Crippen molar-refractivity contribution in [1.29, 1.82) is 0 Å². The van der Waals surface area contributed by atoms with Crippen LogP contribution in [0.15, 0.2) is 67.0 Å². The lowest BCUT2D eigenvalue weighted by molar-refractivity contribution is 0.0600. The first-order chi connectivity index (χ1) is 13.1. The van der Waals surface area contributed by atoms with Gasteiger partial charge < -0.3 is 4.74 Å². The van der Waals surface area contributed by atoms with E-state index in [2.05, 4.69) is 52.8 Å². The summed E-state index contributed by atoms with van der Waals surface area (Å²) in [6, 6.07) is 18.1. The number of benzene rings is 2. The van der Waals surface area contributed by atoms with E-state index in [1.165, 1.54) is 12.7 Å². The Morgan fingerprint density at radius 2 is 1.85 bits per heavy atom. The fourth-order valence-corrected chi connectivity index (χ4v) is 3.38. The first-order valence-corrected chi connectivity index (χ1v) is 8.80. The quantitative estimate of drug-likeness (QED) is 0.481. The predicted molar refractivity (Wildman–Crippen MR) is 107 cm³/mol. The van der Waals surface area contributed by atoms with Crippen LogP contribution < -0.4 is 0 Å². The summed E-state index contributed by atoms with van der Waals surface area (Å²) in [6.07, 6.45) is 3.98. The predicted octanol–water partition coefficient (Wildman–Crippen LogP) is 5.07. The maximum absolute atomic E-state index is 11.7. The number of aryl methyl sites for hydroxylation is 2.